The van der Waals surface area contributed by atoms with Crippen molar-refractivity contribution < 1.29 is 9.53 Å². The number of nitrogens with zero attached hydrogens (tertiary/aromatic N) is 2. The summed E-state index contributed by atoms with van der Waals surface area (Å²) in [6.45, 7) is 7.05. The highest BCUT2D eigenvalue weighted by atomic mass is 16.5. The Morgan fingerprint density at radius 2 is 2.11 bits per heavy atom. The first kappa shape index (κ1) is 13.6. The van der Waals surface area contributed by atoms with Crippen molar-refractivity contribution in [2.45, 2.75) is 39.7 Å². The van der Waals surface area contributed by atoms with Gasteiger partial charge in [0.1, 0.15) is 11.7 Å². The van der Waals surface area contributed by atoms with E-state index in [9.17, 15) is 4.79 Å². The number of esters is 1. The van der Waals surface area contributed by atoms with Crippen LogP contribution in [0.1, 0.15) is 38.9 Å². The van der Waals surface area contributed by atoms with E-state index in [4.69, 9.17) is 4.74 Å². The lowest BCUT2D eigenvalue weighted by Gasteiger charge is -2.13. The van der Waals surface area contributed by atoms with Crippen LogP contribution in [0.5, 0.6) is 0 Å². The molecule has 0 radical (unpaired) electrons. The van der Waals surface area contributed by atoms with Crippen LogP contribution in [-0.2, 0) is 16.1 Å². The van der Waals surface area contributed by atoms with E-state index in [-0.39, 0.29) is 11.9 Å². The maximum absolute atomic E-state index is 11.9. The lowest BCUT2D eigenvalue weighted by Crippen LogP contribution is -2.17. The fourth-order valence-electron chi connectivity index (χ4n) is 2.26. The Hall–Kier alpha value is -1.84. The number of aromatic nitrogens is 2. The maximum Gasteiger partial charge on any atom is 0.316 e. The summed E-state index contributed by atoms with van der Waals surface area (Å²) in [6, 6.07) is 7.97. The first-order chi connectivity index (χ1) is 9.19. The number of carbonyl (C=O) groups excluding carboxylic acids is 1. The number of hydrogen-bond donors (Lipinski definition) is 0. The Balaban J connectivity index is 2.46. The molecule has 19 heavy (non-hydrogen) atoms. The van der Waals surface area contributed by atoms with Crippen molar-refractivity contribution in [2.75, 3.05) is 6.61 Å². The standard InChI is InChI=1S/C15H20N2O2/c1-4-10-17-13-9-7-6-8-12(13)16-14(17)11(3)15(18)19-5-2/h6-9,11H,4-5,10H2,1-3H3. The van der Waals surface area contributed by atoms with Crippen molar-refractivity contribution >= 4 is 17.0 Å². The lowest BCUT2D eigenvalue weighted by atomic mass is 10.1. The molecule has 1 atom stereocenters. The van der Waals surface area contributed by atoms with Gasteiger partial charge in [-0.05, 0) is 32.4 Å². The van der Waals surface area contributed by atoms with Gasteiger partial charge in [0.2, 0.25) is 0 Å². The molecule has 102 valence electrons. The van der Waals surface area contributed by atoms with Crippen molar-refractivity contribution in [3.8, 4) is 0 Å². The highest BCUT2D eigenvalue weighted by Crippen LogP contribution is 2.23. The first-order valence-electron chi connectivity index (χ1n) is 6.80. The normalized spacial score (nSPS) is 12.6. The van der Waals surface area contributed by atoms with Gasteiger partial charge in [0, 0.05) is 6.54 Å². The fraction of sp³-hybridized carbons (Fsp3) is 0.467. The van der Waals surface area contributed by atoms with Crippen molar-refractivity contribution in [3.63, 3.8) is 0 Å². The predicted molar refractivity (Wildman–Crippen MR) is 75.1 cm³/mol. The van der Waals surface area contributed by atoms with Crippen LogP contribution in [0, 0.1) is 0 Å². The molecule has 1 aromatic heterocycles. The third-order valence-corrected chi connectivity index (χ3v) is 3.16. The van der Waals surface area contributed by atoms with Crippen LogP contribution < -0.4 is 0 Å². The van der Waals surface area contributed by atoms with Gasteiger partial charge >= 0.3 is 5.97 Å². The first-order valence-corrected chi connectivity index (χ1v) is 6.80. The molecule has 0 fully saturated rings. The molecule has 0 N–H and O–H groups in total. The second kappa shape index (κ2) is 5.87. The van der Waals surface area contributed by atoms with Crippen molar-refractivity contribution in [2.24, 2.45) is 0 Å². The van der Waals surface area contributed by atoms with E-state index in [0.29, 0.717) is 6.61 Å². The summed E-state index contributed by atoms with van der Waals surface area (Å²) in [5.41, 5.74) is 2.01. The molecule has 1 aromatic carbocycles. The Kier molecular flexibility index (Phi) is 4.20. The van der Waals surface area contributed by atoms with E-state index < -0.39 is 0 Å². The van der Waals surface area contributed by atoms with Crippen molar-refractivity contribution in [3.05, 3.63) is 30.1 Å². The Labute approximate surface area is 113 Å². The highest BCUT2D eigenvalue weighted by molar-refractivity contribution is 5.81. The smallest absolute Gasteiger partial charge is 0.316 e. The summed E-state index contributed by atoms with van der Waals surface area (Å²) in [7, 11) is 0. The largest absolute Gasteiger partial charge is 0.465 e. The molecule has 2 aromatic rings. The summed E-state index contributed by atoms with van der Waals surface area (Å²) in [4.78, 5) is 16.5. The molecule has 0 aliphatic rings. The third kappa shape index (κ3) is 2.62. The number of benzene rings is 1. The molecule has 4 nitrogen and oxygen atoms in total. The molecule has 0 saturated carbocycles. The molecule has 0 amide bonds. The van der Waals surface area contributed by atoms with Gasteiger partial charge in [-0.3, -0.25) is 4.79 Å². The number of carbonyl (C=O) groups is 1. The second-order valence-corrected chi connectivity index (χ2v) is 4.58. The molecular weight excluding hydrogens is 240 g/mol. The highest BCUT2D eigenvalue weighted by Gasteiger charge is 2.23. The number of rotatable bonds is 5. The number of para-hydroxylation sites is 2. The SMILES string of the molecule is CCCn1c(C(C)C(=O)OCC)nc2ccccc21. The second-order valence-electron chi connectivity index (χ2n) is 4.58. The monoisotopic (exact) mass is 260 g/mol. The molecule has 4 heteroatoms. The number of fused-ring (bicyclic) bond motifs is 1. The predicted octanol–water partition coefficient (Wildman–Crippen LogP) is 3.11. The topological polar surface area (TPSA) is 44.1 Å². The van der Waals surface area contributed by atoms with Gasteiger partial charge in [0.25, 0.3) is 0 Å². The molecule has 0 spiro atoms. The molecule has 1 heterocycles. The zero-order valence-electron chi connectivity index (χ0n) is 11.7. The van der Waals surface area contributed by atoms with Crippen LogP contribution >= 0.6 is 0 Å². The van der Waals surface area contributed by atoms with Crippen LogP contribution in [0.15, 0.2) is 24.3 Å². The van der Waals surface area contributed by atoms with Crippen LogP contribution in [0.3, 0.4) is 0 Å². The molecule has 0 bridgehead atoms. The summed E-state index contributed by atoms with van der Waals surface area (Å²) < 4.78 is 7.22. The number of aryl methyl sites for hydroxylation is 1. The molecular formula is C15H20N2O2. The molecule has 0 aliphatic heterocycles. The molecule has 2 rings (SSSR count). The van der Waals surface area contributed by atoms with E-state index in [1.165, 1.54) is 0 Å². The number of hydrogen-bond acceptors (Lipinski definition) is 3. The minimum absolute atomic E-state index is 0.213. The minimum atomic E-state index is -0.334. The Morgan fingerprint density at radius 3 is 2.79 bits per heavy atom. The van der Waals surface area contributed by atoms with Crippen molar-refractivity contribution in [1.82, 2.24) is 9.55 Å². The Bertz CT molecular complexity index is 575. The van der Waals surface area contributed by atoms with Gasteiger partial charge in [0.05, 0.1) is 17.6 Å². The zero-order chi connectivity index (χ0) is 13.8. The van der Waals surface area contributed by atoms with Gasteiger partial charge in [-0.15, -0.1) is 0 Å². The van der Waals surface area contributed by atoms with E-state index in [1.54, 1.807) is 0 Å². The van der Waals surface area contributed by atoms with Crippen molar-refractivity contribution in [1.29, 1.82) is 0 Å². The van der Waals surface area contributed by atoms with E-state index in [0.717, 1.165) is 29.8 Å². The number of imidazole rings is 1. The number of ether oxygens (including phenoxy) is 1. The van der Waals surface area contributed by atoms with E-state index >= 15 is 0 Å². The van der Waals surface area contributed by atoms with Gasteiger partial charge in [0.15, 0.2) is 0 Å². The van der Waals surface area contributed by atoms with E-state index in [1.807, 2.05) is 38.1 Å². The van der Waals surface area contributed by atoms with Gasteiger partial charge in [-0.1, -0.05) is 19.1 Å². The van der Waals surface area contributed by atoms with Crippen LogP contribution in [-0.4, -0.2) is 22.1 Å². The van der Waals surface area contributed by atoms with Crippen LogP contribution in [0.25, 0.3) is 11.0 Å². The van der Waals surface area contributed by atoms with E-state index in [2.05, 4.69) is 16.5 Å². The lowest BCUT2D eigenvalue weighted by molar-refractivity contribution is -0.144. The minimum Gasteiger partial charge on any atom is -0.465 e. The van der Waals surface area contributed by atoms with Gasteiger partial charge in [-0.2, -0.15) is 0 Å². The molecule has 1 unspecified atom stereocenters. The summed E-state index contributed by atoms with van der Waals surface area (Å²) >= 11 is 0. The van der Waals surface area contributed by atoms with Gasteiger partial charge < -0.3 is 9.30 Å². The zero-order valence-corrected chi connectivity index (χ0v) is 11.7. The Morgan fingerprint density at radius 1 is 1.37 bits per heavy atom. The third-order valence-electron chi connectivity index (χ3n) is 3.16. The fourth-order valence-corrected chi connectivity index (χ4v) is 2.26. The molecule has 0 saturated heterocycles. The maximum atomic E-state index is 11.9. The summed E-state index contributed by atoms with van der Waals surface area (Å²) in [5, 5.41) is 0. The van der Waals surface area contributed by atoms with Gasteiger partial charge in [-0.25, -0.2) is 4.98 Å². The summed E-state index contributed by atoms with van der Waals surface area (Å²) in [5.74, 6) is 0.246. The average molecular weight is 260 g/mol. The van der Waals surface area contributed by atoms with Crippen LogP contribution in [0.2, 0.25) is 0 Å². The average Bonchev–Trinajstić information content (AvgIpc) is 2.78. The summed E-state index contributed by atoms with van der Waals surface area (Å²) in [6.07, 6.45) is 1.00. The quantitative estimate of drug-likeness (QED) is 0.776. The molecule has 0 aliphatic carbocycles. The van der Waals surface area contributed by atoms with Crippen LogP contribution in [0.4, 0.5) is 0 Å².